The zero-order valence-electron chi connectivity index (χ0n) is 16.3. The molecular formula is C19H21F3N6O2. The van der Waals surface area contributed by atoms with Gasteiger partial charge in [-0.25, -0.2) is 14.6 Å². The maximum atomic E-state index is 13.1. The highest BCUT2D eigenvalue weighted by Gasteiger charge is 2.39. The van der Waals surface area contributed by atoms with Gasteiger partial charge in [-0.2, -0.15) is 18.3 Å². The van der Waals surface area contributed by atoms with E-state index < -0.39 is 11.9 Å². The molecule has 1 aliphatic carbocycles. The van der Waals surface area contributed by atoms with Crippen LogP contribution in [0.5, 0.6) is 0 Å². The first-order valence-corrected chi connectivity index (χ1v) is 9.75. The van der Waals surface area contributed by atoms with Crippen molar-refractivity contribution in [2.75, 3.05) is 18.0 Å². The summed E-state index contributed by atoms with van der Waals surface area (Å²) in [5, 5.41) is 4.00. The van der Waals surface area contributed by atoms with Crippen molar-refractivity contribution in [3.05, 3.63) is 46.3 Å². The third-order valence-electron chi connectivity index (χ3n) is 5.47. The lowest BCUT2D eigenvalue weighted by molar-refractivity contribution is -0.141. The minimum atomic E-state index is -4.52. The molecule has 1 saturated heterocycles. The number of halogens is 3. The van der Waals surface area contributed by atoms with Crippen molar-refractivity contribution < 1.29 is 18.0 Å². The van der Waals surface area contributed by atoms with Crippen LogP contribution in [-0.4, -0.2) is 55.7 Å². The lowest BCUT2D eigenvalue weighted by Gasteiger charge is -2.39. The van der Waals surface area contributed by atoms with Gasteiger partial charge in [-0.3, -0.25) is 9.59 Å². The van der Waals surface area contributed by atoms with Crippen LogP contribution in [0.3, 0.4) is 0 Å². The van der Waals surface area contributed by atoms with Crippen LogP contribution >= 0.6 is 0 Å². The van der Waals surface area contributed by atoms with E-state index in [9.17, 15) is 22.8 Å². The van der Waals surface area contributed by atoms with Crippen molar-refractivity contribution in [1.29, 1.82) is 0 Å². The van der Waals surface area contributed by atoms with Crippen LogP contribution in [-0.2, 0) is 13.2 Å². The Morgan fingerprint density at radius 2 is 1.77 bits per heavy atom. The van der Waals surface area contributed by atoms with E-state index >= 15 is 0 Å². The molecule has 0 aromatic carbocycles. The molecule has 2 fully saturated rings. The van der Waals surface area contributed by atoms with Gasteiger partial charge in [0.15, 0.2) is 0 Å². The second-order valence-corrected chi connectivity index (χ2v) is 7.60. The van der Waals surface area contributed by atoms with Crippen LogP contribution in [0.15, 0.2) is 29.3 Å². The van der Waals surface area contributed by atoms with E-state index in [0.717, 1.165) is 29.9 Å². The number of anilines is 1. The van der Waals surface area contributed by atoms with Gasteiger partial charge in [0.05, 0.1) is 0 Å². The number of piperidine rings is 1. The van der Waals surface area contributed by atoms with Gasteiger partial charge in [0, 0.05) is 44.4 Å². The molecule has 0 bridgehead atoms. The minimum Gasteiger partial charge on any atom is -0.350 e. The predicted octanol–water partition coefficient (Wildman–Crippen LogP) is 1.86. The zero-order valence-corrected chi connectivity index (χ0v) is 16.3. The number of carbonyl (C=O) groups excluding carboxylic acids is 1. The topological polar surface area (TPSA) is 84.2 Å². The summed E-state index contributed by atoms with van der Waals surface area (Å²) in [5.41, 5.74) is -1.06. The first-order valence-electron chi connectivity index (χ1n) is 9.75. The fourth-order valence-corrected chi connectivity index (χ4v) is 3.79. The maximum absolute atomic E-state index is 13.1. The lowest BCUT2D eigenvalue weighted by atomic mass is 10.0. The Hall–Kier alpha value is -2.98. The Balaban J connectivity index is 1.47. The molecule has 160 valence electrons. The number of aryl methyl sites for hydroxylation is 1. The molecule has 8 nitrogen and oxygen atoms in total. The van der Waals surface area contributed by atoms with Gasteiger partial charge in [0.1, 0.15) is 23.5 Å². The number of carbonyl (C=O) groups is 1. The largest absolute Gasteiger partial charge is 0.433 e. The van der Waals surface area contributed by atoms with Gasteiger partial charge < -0.3 is 9.80 Å². The third kappa shape index (κ3) is 4.14. The number of hydrogen-bond donors (Lipinski definition) is 0. The van der Waals surface area contributed by atoms with Gasteiger partial charge >= 0.3 is 6.18 Å². The van der Waals surface area contributed by atoms with Crippen molar-refractivity contribution in [3.63, 3.8) is 0 Å². The van der Waals surface area contributed by atoms with E-state index in [4.69, 9.17) is 0 Å². The molecule has 3 heterocycles. The SMILES string of the molecule is Cn1nc(C(=O)N2CCC(N(c3cc(C(F)(F)F)ncn3)C3CC3)CC2)ccc1=O. The molecule has 0 unspecified atom stereocenters. The predicted molar refractivity (Wildman–Crippen MR) is 101 cm³/mol. The number of hydrogen-bond acceptors (Lipinski definition) is 6. The molecule has 4 rings (SSSR count). The fraction of sp³-hybridized carbons (Fsp3) is 0.526. The highest BCUT2D eigenvalue weighted by Crippen LogP contribution is 2.37. The fourth-order valence-electron chi connectivity index (χ4n) is 3.79. The van der Waals surface area contributed by atoms with Crippen LogP contribution in [0, 0.1) is 0 Å². The van der Waals surface area contributed by atoms with E-state index in [1.54, 1.807) is 4.90 Å². The summed E-state index contributed by atoms with van der Waals surface area (Å²) >= 11 is 0. The van der Waals surface area contributed by atoms with Crippen LogP contribution < -0.4 is 10.5 Å². The Morgan fingerprint density at radius 1 is 1.10 bits per heavy atom. The van der Waals surface area contributed by atoms with Crippen LogP contribution in [0.25, 0.3) is 0 Å². The molecule has 2 aliphatic rings. The van der Waals surface area contributed by atoms with Gasteiger partial charge in [-0.1, -0.05) is 0 Å². The summed E-state index contributed by atoms with van der Waals surface area (Å²) in [4.78, 5) is 35.2. The molecule has 2 aromatic rings. The Bertz CT molecular complexity index is 996. The number of rotatable bonds is 4. The van der Waals surface area contributed by atoms with Crippen LogP contribution in [0.2, 0.25) is 0 Å². The van der Waals surface area contributed by atoms with E-state index in [1.165, 1.54) is 19.2 Å². The molecule has 30 heavy (non-hydrogen) atoms. The summed E-state index contributed by atoms with van der Waals surface area (Å²) < 4.78 is 40.3. The lowest BCUT2D eigenvalue weighted by Crippen LogP contribution is -2.48. The van der Waals surface area contributed by atoms with E-state index in [2.05, 4.69) is 15.1 Å². The van der Waals surface area contributed by atoms with E-state index in [1.807, 2.05) is 4.90 Å². The standard InChI is InChI=1S/C19H21F3N6O2/c1-26-17(29)5-4-14(25-26)18(30)27-8-6-13(7-9-27)28(12-2-3-12)16-10-15(19(20,21)22)23-11-24-16/h4-5,10-13H,2-3,6-9H2,1H3. The van der Waals surface area contributed by atoms with Crippen molar-refractivity contribution >= 4 is 11.7 Å². The van der Waals surface area contributed by atoms with Gasteiger partial charge in [-0.05, 0) is 31.7 Å². The Morgan fingerprint density at radius 3 is 2.37 bits per heavy atom. The van der Waals surface area contributed by atoms with E-state index in [-0.39, 0.29) is 35.1 Å². The van der Waals surface area contributed by atoms with Gasteiger partial charge in [0.25, 0.3) is 11.5 Å². The summed E-state index contributed by atoms with van der Waals surface area (Å²) in [5.74, 6) is 0.0211. The van der Waals surface area contributed by atoms with Crippen molar-refractivity contribution in [2.24, 2.45) is 7.05 Å². The van der Waals surface area contributed by atoms with Crippen molar-refractivity contribution in [3.8, 4) is 0 Å². The molecule has 2 aromatic heterocycles. The number of alkyl halides is 3. The summed E-state index contributed by atoms with van der Waals surface area (Å²) in [7, 11) is 1.48. The molecule has 11 heteroatoms. The third-order valence-corrected chi connectivity index (χ3v) is 5.47. The number of amides is 1. The molecule has 1 aliphatic heterocycles. The first-order chi connectivity index (χ1) is 14.2. The average Bonchev–Trinajstić information content (AvgIpc) is 3.55. The quantitative estimate of drug-likeness (QED) is 0.748. The van der Waals surface area contributed by atoms with Crippen LogP contribution in [0.1, 0.15) is 41.9 Å². The van der Waals surface area contributed by atoms with E-state index in [0.29, 0.717) is 25.9 Å². The summed E-state index contributed by atoms with van der Waals surface area (Å²) in [6, 6.07) is 3.87. The Labute approximate surface area is 170 Å². The molecular weight excluding hydrogens is 401 g/mol. The number of nitrogens with zero attached hydrogens (tertiary/aromatic N) is 6. The highest BCUT2D eigenvalue weighted by atomic mass is 19.4. The molecule has 1 saturated carbocycles. The van der Waals surface area contributed by atoms with Gasteiger partial charge in [-0.15, -0.1) is 0 Å². The first kappa shape index (κ1) is 20.3. The van der Waals surface area contributed by atoms with Crippen molar-refractivity contribution in [2.45, 2.75) is 43.9 Å². The number of likely N-dealkylation sites (tertiary alicyclic amines) is 1. The average molecular weight is 422 g/mol. The van der Waals surface area contributed by atoms with Crippen molar-refractivity contribution in [1.82, 2.24) is 24.6 Å². The van der Waals surface area contributed by atoms with Gasteiger partial charge in [0.2, 0.25) is 0 Å². The molecule has 1 amide bonds. The zero-order chi connectivity index (χ0) is 21.5. The smallest absolute Gasteiger partial charge is 0.350 e. The summed E-state index contributed by atoms with van der Waals surface area (Å²) in [6.45, 7) is 0.906. The van der Waals surface area contributed by atoms with Crippen LogP contribution in [0.4, 0.5) is 19.0 Å². The number of aromatic nitrogens is 4. The molecule has 0 spiro atoms. The minimum absolute atomic E-state index is 0.00868. The summed E-state index contributed by atoms with van der Waals surface area (Å²) in [6.07, 6.45) is -0.527. The molecule has 0 atom stereocenters. The molecule has 0 N–H and O–H groups in total. The normalized spacial score (nSPS) is 17.8. The second-order valence-electron chi connectivity index (χ2n) is 7.60. The second kappa shape index (κ2) is 7.69. The molecule has 0 radical (unpaired) electrons. The maximum Gasteiger partial charge on any atom is 0.433 e. The Kier molecular flexibility index (Phi) is 5.20. The monoisotopic (exact) mass is 422 g/mol. The highest BCUT2D eigenvalue weighted by molar-refractivity contribution is 5.92.